The van der Waals surface area contributed by atoms with Crippen LogP contribution in [0, 0.1) is 0 Å². The summed E-state index contributed by atoms with van der Waals surface area (Å²) in [6.07, 6.45) is 4.05. The van der Waals surface area contributed by atoms with Crippen LogP contribution < -0.4 is 0 Å². The molecule has 14 heavy (non-hydrogen) atoms. The summed E-state index contributed by atoms with van der Waals surface area (Å²) in [5, 5.41) is 17.7. The maximum atomic E-state index is 10.2. The summed E-state index contributed by atoms with van der Waals surface area (Å²) >= 11 is 0. The summed E-state index contributed by atoms with van der Waals surface area (Å²) in [5.41, 5.74) is 0.706. The molecular weight excluding hydrogens is 180 g/mol. The third-order valence-electron chi connectivity index (χ3n) is 1.76. The minimum atomic E-state index is -0.813. The number of hydrogen-bond donors (Lipinski definition) is 2. The first-order valence-electron chi connectivity index (χ1n) is 4.36. The van der Waals surface area contributed by atoms with Gasteiger partial charge >= 0.3 is 5.97 Å². The third kappa shape index (κ3) is 3.31. The van der Waals surface area contributed by atoms with Crippen LogP contribution in [0.1, 0.15) is 18.4 Å². The summed E-state index contributed by atoms with van der Waals surface area (Å²) in [6.45, 7) is 0. The molecule has 1 aromatic rings. The Kier molecular flexibility index (Phi) is 3.73. The number of phenols is 1. The highest BCUT2D eigenvalue weighted by Gasteiger charge is 1.95. The molecule has 1 aromatic carbocycles. The fraction of sp³-hybridized carbons (Fsp3) is 0.182. The van der Waals surface area contributed by atoms with Gasteiger partial charge in [-0.05, 0) is 12.5 Å². The monoisotopic (exact) mass is 192 g/mol. The molecular formula is C11H12O3. The largest absolute Gasteiger partial charge is 0.507 e. The van der Waals surface area contributed by atoms with Crippen molar-refractivity contribution in [2.24, 2.45) is 0 Å². The van der Waals surface area contributed by atoms with Crippen LogP contribution in [-0.4, -0.2) is 16.2 Å². The molecule has 2 N–H and O–H groups in total. The third-order valence-corrected chi connectivity index (χ3v) is 1.76. The molecule has 3 heteroatoms. The SMILES string of the molecule is O=C(O)CCC=Cc1ccccc1O. The van der Waals surface area contributed by atoms with E-state index in [2.05, 4.69) is 0 Å². The quantitative estimate of drug-likeness (QED) is 0.769. The van der Waals surface area contributed by atoms with Gasteiger partial charge in [0.2, 0.25) is 0 Å². The van der Waals surface area contributed by atoms with Crippen LogP contribution in [-0.2, 0) is 4.79 Å². The van der Waals surface area contributed by atoms with Crippen molar-refractivity contribution < 1.29 is 15.0 Å². The van der Waals surface area contributed by atoms with Gasteiger partial charge in [-0.15, -0.1) is 0 Å². The lowest BCUT2D eigenvalue weighted by molar-refractivity contribution is -0.136. The number of carboxylic acid groups (broad SMARTS) is 1. The number of phenolic OH excluding ortho intramolecular Hbond substituents is 1. The topological polar surface area (TPSA) is 57.5 Å². The Labute approximate surface area is 82.3 Å². The van der Waals surface area contributed by atoms with Crippen LogP contribution in [0.25, 0.3) is 6.08 Å². The molecule has 0 heterocycles. The molecule has 0 amide bonds. The number of allylic oxidation sites excluding steroid dienone is 1. The van der Waals surface area contributed by atoms with Gasteiger partial charge in [0, 0.05) is 12.0 Å². The lowest BCUT2D eigenvalue weighted by atomic mass is 10.1. The molecule has 0 spiro atoms. The second-order valence-corrected chi connectivity index (χ2v) is 2.89. The van der Waals surface area contributed by atoms with Crippen molar-refractivity contribution >= 4 is 12.0 Å². The summed E-state index contributed by atoms with van der Waals surface area (Å²) in [5.74, 6) is -0.606. The molecule has 0 aliphatic heterocycles. The molecule has 0 saturated carbocycles. The van der Waals surface area contributed by atoms with E-state index in [1.165, 1.54) is 0 Å². The zero-order valence-corrected chi connectivity index (χ0v) is 7.68. The second kappa shape index (κ2) is 5.07. The number of aromatic hydroxyl groups is 1. The van der Waals surface area contributed by atoms with E-state index in [0.29, 0.717) is 12.0 Å². The molecule has 1 rings (SSSR count). The van der Waals surface area contributed by atoms with Gasteiger partial charge in [0.25, 0.3) is 0 Å². The summed E-state index contributed by atoms with van der Waals surface area (Å²) in [6, 6.07) is 6.92. The van der Waals surface area contributed by atoms with Crippen LogP contribution in [0.3, 0.4) is 0 Å². The number of aliphatic carboxylic acids is 1. The average Bonchev–Trinajstić information content (AvgIpc) is 2.15. The molecule has 0 bridgehead atoms. The predicted molar refractivity (Wildman–Crippen MR) is 54.0 cm³/mol. The zero-order valence-electron chi connectivity index (χ0n) is 7.68. The van der Waals surface area contributed by atoms with E-state index in [9.17, 15) is 9.90 Å². The van der Waals surface area contributed by atoms with Crippen LogP contribution in [0.5, 0.6) is 5.75 Å². The summed E-state index contributed by atoms with van der Waals surface area (Å²) < 4.78 is 0. The van der Waals surface area contributed by atoms with Crippen molar-refractivity contribution in [1.82, 2.24) is 0 Å². The number of rotatable bonds is 4. The maximum absolute atomic E-state index is 10.2. The Hall–Kier alpha value is -1.77. The van der Waals surface area contributed by atoms with E-state index in [0.717, 1.165) is 0 Å². The fourth-order valence-corrected chi connectivity index (χ4v) is 1.05. The van der Waals surface area contributed by atoms with Gasteiger partial charge in [0.15, 0.2) is 0 Å². The predicted octanol–water partition coefficient (Wildman–Crippen LogP) is 2.27. The molecule has 74 valence electrons. The van der Waals surface area contributed by atoms with E-state index in [1.807, 2.05) is 6.07 Å². The Morgan fingerprint density at radius 1 is 1.36 bits per heavy atom. The van der Waals surface area contributed by atoms with Gasteiger partial charge in [-0.3, -0.25) is 4.79 Å². The van der Waals surface area contributed by atoms with Crippen molar-refractivity contribution in [1.29, 1.82) is 0 Å². The smallest absolute Gasteiger partial charge is 0.303 e. The zero-order chi connectivity index (χ0) is 10.4. The van der Waals surface area contributed by atoms with E-state index in [4.69, 9.17) is 5.11 Å². The highest BCUT2D eigenvalue weighted by atomic mass is 16.4. The number of hydrogen-bond acceptors (Lipinski definition) is 2. The Morgan fingerprint density at radius 3 is 2.71 bits per heavy atom. The maximum Gasteiger partial charge on any atom is 0.303 e. The highest BCUT2D eigenvalue weighted by Crippen LogP contribution is 2.17. The molecule has 0 saturated heterocycles. The summed E-state index contributed by atoms with van der Waals surface area (Å²) in [4.78, 5) is 10.2. The van der Waals surface area contributed by atoms with E-state index in [1.54, 1.807) is 30.4 Å². The van der Waals surface area contributed by atoms with Crippen LogP contribution in [0.2, 0.25) is 0 Å². The standard InChI is InChI=1S/C11H12O3/c12-10-7-3-1-5-9(10)6-2-4-8-11(13)14/h1-3,5-7,12H,4,8H2,(H,13,14). The average molecular weight is 192 g/mol. The van der Waals surface area contributed by atoms with E-state index in [-0.39, 0.29) is 12.2 Å². The van der Waals surface area contributed by atoms with Crippen LogP contribution in [0.4, 0.5) is 0 Å². The minimum Gasteiger partial charge on any atom is -0.507 e. The molecule has 0 radical (unpaired) electrons. The van der Waals surface area contributed by atoms with E-state index >= 15 is 0 Å². The molecule has 0 aliphatic carbocycles. The van der Waals surface area contributed by atoms with Crippen molar-refractivity contribution in [2.45, 2.75) is 12.8 Å². The lowest BCUT2D eigenvalue weighted by Crippen LogP contribution is -1.91. The van der Waals surface area contributed by atoms with Crippen molar-refractivity contribution in [3.05, 3.63) is 35.9 Å². The molecule has 0 aromatic heterocycles. The fourth-order valence-electron chi connectivity index (χ4n) is 1.05. The lowest BCUT2D eigenvalue weighted by Gasteiger charge is -1.96. The first-order valence-corrected chi connectivity index (χ1v) is 4.36. The van der Waals surface area contributed by atoms with E-state index < -0.39 is 5.97 Å². The second-order valence-electron chi connectivity index (χ2n) is 2.89. The molecule has 0 fully saturated rings. The molecule has 0 atom stereocenters. The first kappa shape index (κ1) is 10.3. The molecule has 3 nitrogen and oxygen atoms in total. The Balaban J connectivity index is 2.52. The van der Waals surface area contributed by atoms with Gasteiger partial charge in [-0.1, -0.05) is 30.4 Å². The molecule has 0 aliphatic rings. The Morgan fingerprint density at radius 2 is 2.07 bits per heavy atom. The van der Waals surface area contributed by atoms with Crippen molar-refractivity contribution in [2.75, 3.05) is 0 Å². The van der Waals surface area contributed by atoms with Crippen molar-refractivity contribution in [3.8, 4) is 5.75 Å². The van der Waals surface area contributed by atoms with Crippen LogP contribution in [0.15, 0.2) is 30.3 Å². The van der Waals surface area contributed by atoms with Gasteiger partial charge in [0.05, 0.1) is 0 Å². The number of benzene rings is 1. The number of carbonyl (C=O) groups is 1. The van der Waals surface area contributed by atoms with Gasteiger partial charge in [-0.25, -0.2) is 0 Å². The van der Waals surface area contributed by atoms with Gasteiger partial charge in [-0.2, -0.15) is 0 Å². The van der Waals surface area contributed by atoms with Gasteiger partial charge in [0.1, 0.15) is 5.75 Å². The van der Waals surface area contributed by atoms with Crippen LogP contribution >= 0.6 is 0 Å². The number of para-hydroxylation sites is 1. The first-order chi connectivity index (χ1) is 6.70. The van der Waals surface area contributed by atoms with Crippen molar-refractivity contribution in [3.63, 3.8) is 0 Å². The normalized spacial score (nSPS) is 10.6. The minimum absolute atomic E-state index is 0.115. The van der Waals surface area contributed by atoms with Gasteiger partial charge < -0.3 is 10.2 Å². The number of carboxylic acids is 1. The highest BCUT2D eigenvalue weighted by molar-refractivity contribution is 5.67. The molecule has 0 unspecified atom stereocenters. The Bertz CT molecular complexity index is 342. The summed E-state index contributed by atoms with van der Waals surface area (Å²) in [7, 11) is 0.